The molecular weight excluding hydrogens is 480 g/mol. The number of amides is 2. The highest BCUT2D eigenvalue weighted by atomic mass is 32.1. The Hall–Kier alpha value is -4.25. The van der Waals surface area contributed by atoms with Crippen LogP contribution in [-0.2, 0) is 16.1 Å². The lowest BCUT2D eigenvalue weighted by Gasteiger charge is -2.23. The maximum atomic E-state index is 13.5. The number of nitrogens with two attached hydrogens (primary N) is 1. The van der Waals surface area contributed by atoms with Crippen molar-refractivity contribution in [3.8, 4) is 0 Å². The van der Waals surface area contributed by atoms with E-state index in [1.165, 1.54) is 11.3 Å². The molecule has 188 valence electrons. The summed E-state index contributed by atoms with van der Waals surface area (Å²) in [4.78, 5) is 38.0. The summed E-state index contributed by atoms with van der Waals surface area (Å²) in [5.74, 6) is -1.54. The van der Waals surface area contributed by atoms with E-state index in [2.05, 4.69) is 21.1 Å². The van der Waals surface area contributed by atoms with Crippen LogP contribution >= 0.6 is 11.3 Å². The summed E-state index contributed by atoms with van der Waals surface area (Å²) in [5, 5.41) is 22.9. The zero-order valence-corrected chi connectivity index (χ0v) is 20.3. The number of nitro groups is 1. The molecule has 1 heterocycles. The van der Waals surface area contributed by atoms with E-state index in [0.29, 0.717) is 13.0 Å². The van der Waals surface area contributed by atoms with Crippen LogP contribution in [0.5, 0.6) is 0 Å². The summed E-state index contributed by atoms with van der Waals surface area (Å²) in [7, 11) is 0. The summed E-state index contributed by atoms with van der Waals surface area (Å²) >= 11 is 1.53. The molecule has 36 heavy (non-hydrogen) atoms. The summed E-state index contributed by atoms with van der Waals surface area (Å²) in [6, 6.07) is 21.7. The Balaban J connectivity index is 1.73. The van der Waals surface area contributed by atoms with Crippen molar-refractivity contribution in [2.45, 2.75) is 31.3 Å². The summed E-state index contributed by atoms with van der Waals surface area (Å²) < 4.78 is 0. The van der Waals surface area contributed by atoms with Gasteiger partial charge in [0.15, 0.2) is 5.03 Å². The summed E-state index contributed by atoms with van der Waals surface area (Å²) in [6.07, 6.45) is 0.698. The molecule has 0 aliphatic heterocycles. The molecule has 0 spiro atoms. The monoisotopic (exact) mass is 508 g/mol. The minimum absolute atomic E-state index is 0.245. The SMILES string of the molecule is N/C(=N/[N+](=O)[O-])NCCC[C@@H](NC(=O)C(c1ccccc1)c1ccccc1)C(=O)NCc1cccs1. The first kappa shape index (κ1) is 26.4. The minimum Gasteiger partial charge on any atom is -0.365 e. The van der Waals surface area contributed by atoms with E-state index in [9.17, 15) is 19.7 Å². The number of rotatable bonds is 12. The quantitative estimate of drug-likeness (QED) is 0.0970. The Morgan fingerprint density at radius 1 is 0.944 bits per heavy atom. The maximum Gasteiger partial charge on any atom is 0.266 e. The molecule has 11 heteroatoms. The average Bonchev–Trinajstić information content (AvgIpc) is 3.39. The molecule has 3 rings (SSSR count). The highest BCUT2D eigenvalue weighted by molar-refractivity contribution is 7.09. The molecular formula is C25H28N6O4S. The molecule has 1 atom stereocenters. The molecule has 0 bridgehead atoms. The van der Waals surface area contributed by atoms with Gasteiger partial charge in [0.1, 0.15) is 11.1 Å². The Labute approximate surface area is 212 Å². The number of thiophene rings is 1. The molecule has 0 aliphatic carbocycles. The van der Waals surface area contributed by atoms with Crippen LogP contribution in [0.2, 0.25) is 0 Å². The Kier molecular flexibility index (Phi) is 9.95. The summed E-state index contributed by atoms with van der Waals surface area (Å²) in [6.45, 7) is 0.596. The van der Waals surface area contributed by atoms with Gasteiger partial charge in [0.25, 0.3) is 5.96 Å². The van der Waals surface area contributed by atoms with Crippen LogP contribution in [0, 0.1) is 10.1 Å². The van der Waals surface area contributed by atoms with Crippen molar-refractivity contribution in [2.24, 2.45) is 10.8 Å². The molecule has 0 saturated carbocycles. The van der Waals surface area contributed by atoms with Gasteiger partial charge in [0.05, 0.1) is 12.5 Å². The third-order valence-electron chi connectivity index (χ3n) is 5.34. The molecule has 0 saturated heterocycles. The van der Waals surface area contributed by atoms with E-state index < -0.39 is 17.0 Å². The van der Waals surface area contributed by atoms with Crippen molar-refractivity contribution < 1.29 is 14.6 Å². The number of guanidine groups is 1. The van der Waals surface area contributed by atoms with Crippen LogP contribution < -0.4 is 21.7 Å². The Bertz CT molecular complexity index is 1120. The third kappa shape index (κ3) is 8.20. The first-order valence-electron chi connectivity index (χ1n) is 11.4. The topological polar surface area (TPSA) is 152 Å². The van der Waals surface area contributed by atoms with Crippen LogP contribution in [0.1, 0.15) is 34.8 Å². The smallest absolute Gasteiger partial charge is 0.266 e. The average molecular weight is 509 g/mol. The fourth-order valence-electron chi connectivity index (χ4n) is 3.67. The molecule has 10 nitrogen and oxygen atoms in total. The lowest BCUT2D eigenvalue weighted by molar-refractivity contribution is -0.485. The lowest BCUT2D eigenvalue weighted by Crippen LogP contribution is -2.48. The van der Waals surface area contributed by atoms with Crippen molar-refractivity contribution in [3.05, 3.63) is 104 Å². The van der Waals surface area contributed by atoms with Gasteiger partial charge in [-0.15, -0.1) is 11.3 Å². The van der Waals surface area contributed by atoms with E-state index in [0.717, 1.165) is 16.0 Å². The number of carbonyl (C=O) groups excluding carboxylic acids is 2. The van der Waals surface area contributed by atoms with Gasteiger partial charge >= 0.3 is 0 Å². The van der Waals surface area contributed by atoms with E-state index in [-0.39, 0.29) is 30.7 Å². The highest BCUT2D eigenvalue weighted by Gasteiger charge is 2.27. The van der Waals surface area contributed by atoms with Crippen LogP contribution in [0.25, 0.3) is 0 Å². The van der Waals surface area contributed by atoms with E-state index >= 15 is 0 Å². The predicted octanol–water partition coefficient (Wildman–Crippen LogP) is 2.56. The minimum atomic E-state index is -0.892. The molecule has 0 fully saturated rings. The van der Waals surface area contributed by atoms with Gasteiger partial charge in [0, 0.05) is 11.4 Å². The largest absolute Gasteiger partial charge is 0.365 e. The molecule has 1 aromatic heterocycles. The van der Waals surface area contributed by atoms with Gasteiger partial charge in [-0.3, -0.25) is 9.59 Å². The van der Waals surface area contributed by atoms with Crippen LogP contribution in [0.4, 0.5) is 0 Å². The van der Waals surface area contributed by atoms with Gasteiger partial charge in [-0.2, -0.15) is 0 Å². The Morgan fingerprint density at radius 2 is 1.58 bits per heavy atom. The maximum absolute atomic E-state index is 13.5. The molecule has 2 amide bonds. The number of carbonyl (C=O) groups is 2. The van der Waals surface area contributed by atoms with Crippen molar-refractivity contribution >= 4 is 29.1 Å². The second kappa shape index (κ2) is 13.6. The van der Waals surface area contributed by atoms with Gasteiger partial charge in [0.2, 0.25) is 11.8 Å². The molecule has 5 N–H and O–H groups in total. The van der Waals surface area contributed by atoms with E-state index in [4.69, 9.17) is 5.73 Å². The third-order valence-corrected chi connectivity index (χ3v) is 6.22. The number of benzene rings is 2. The number of hydrogen-bond acceptors (Lipinski definition) is 5. The Morgan fingerprint density at radius 3 is 2.14 bits per heavy atom. The van der Waals surface area contributed by atoms with E-state index in [1.54, 1.807) is 0 Å². The molecule has 2 aromatic carbocycles. The number of hydrazone groups is 1. The van der Waals surface area contributed by atoms with Crippen LogP contribution in [-0.4, -0.2) is 35.4 Å². The lowest BCUT2D eigenvalue weighted by atomic mass is 9.90. The first-order valence-corrected chi connectivity index (χ1v) is 12.2. The van der Waals surface area contributed by atoms with Crippen LogP contribution in [0.3, 0.4) is 0 Å². The van der Waals surface area contributed by atoms with Gasteiger partial charge in [-0.05, 0) is 35.4 Å². The predicted molar refractivity (Wildman–Crippen MR) is 139 cm³/mol. The summed E-state index contributed by atoms with van der Waals surface area (Å²) in [5.41, 5.74) is 7.07. The van der Waals surface area contributed by atoms with Crippen LogP contribution in [0.15, 0.2) is 83.3 Å². The van der Waals surface area contributed by atoms with E-state index in [1.807, 2.05) is 78.2 Å². The van der Waals surface area contributed by atoms with Crippen molar-refractivity contribution in [2.75, 3.05) is 6.54 Å². The normalized spacial score (nSPS) is 12.1. The van der Waals surface area contributed by atoms with Crippen molar-refractivity contribution in [1.82, 2.24) is 16.0 Å². The number of nitrogens with one attached hydrogen (secondary N) is 3. The molecule has 0 aliphatic rings. The number of nitrogens with zero attached hydrogens (tertiary/aromatic N) is 2. The zero-order valence-electron chi connectivity index (χ0n) is 19.5. The fourth-order valence-corrected chi connectivity index (χ4v) is 4.31. The second-order valence-corrected chi connectivity index (χ2v) is 8.94. The van der Waals surface area contributed by atoms with Crippen molar-refractivity contribution in [1.29, 1.82) is 0 Å². The molecule has 0 radical (unpaired) electrons. The van der Waals surface area contributed by atoms with Gasteiger partial charge in [-0.1, -0.05) is 66.7 Å². The van der Waals surface area contributed by atoms with Crippen molar-refractivity contribution in [3.63, 3.8) is 0 Å². The zero-order chi connectivity index (χ0) is 25.8. The van der Waals surface area contributed by atoms with Gasteiger partial charge in [-0.25, -0.2) is 10.1 Å². The standard InChI is InChI=1S/C25H28N6O4S/c26-25(30-31(34)35)27-15-7-14-21(23(32)28-17-20-13-8-16-36-20)29-24(33)22(18-9-3-1-4-10-18)19-11-5-2-6-12-19/h1-6,8-13,16,21-22H,7,14-15,17H2,(H,28,32)(H,29,33)(H3,26,27,30)/t21-/m1/s1. The van der Waals surface area contributed by atoms with Gasteiger partial charge < -0.3 is 21.7 Å². The fraction of sp³-hybridized carbons (Fsp3) is 0.240. The first-order chi connectivity index (χ1) is 17.4. The molecule has 3 aromatic rings. The highest BCUT2D eigenvalue weighted by Crippen LogP contribution is 2.25. The number of hydrogen-bond donors (Lipinski definition) is 4. The second-order valence-electron chi connectivity index (χ2n) is 7.90. The molecule has 0 unspecified atom stereocenters.